The first kappa shape index (κ1) is 21.3. The molecule has 0 radical (unpaired) electrons. The number of fused-ring (bicyclic) bond motifs is 1. The maximum atomic E-state index is 12.7. The van der Waals surface area contributed by atoms with Gasteiger partial charge in [-0.2, -0.15) is 0 Å². The molecule has 0 saturated heterocycles. The lowest BCUT2D eigenvalue weighted by Gasteiger charge is -2.33. The van der Waals surface area contributed by atoms with Crippen molar-refractivity contribution in [1.29, 1.82) is 0 Å². The van der Waals surface area contributed by atoms with E-state index in [0.29, 0.717) is 23.1 Å². The minimum atomic E-state index is -0.346. The average Bonchev–Trinajstić information content (AvgIpc) is 3.03. The quantitative estimate of drug-likeness (QED) is 0.505. The maximum absolute atomic E-state index is 12.7. The largest absolute Gasteiger partial charge is 0.462 e. The van der Waals surface area contributed by atoms with Crippen molar-refractivity contribution in [3.63, 3.8) is 0 Å². The number of nitrogens with one attached hydrogen (secondary N) is 1. The van der Waals surface area contributed by atoms with Crippen LogP contribution in [-0.2, 0) is 22.4 Å². The summed E-state index contributed by atoms with van der Waals surface area (Å²) >= 11 is 1.52. The van der Waals surface area contributed by atoms with Gasteiger partial charge in [-0.3, -0.25) is 4.79 Å². The molecule has 1 unspecified atom stereocenters. The molecule has 2 aromatic rings. The molecule has 1 N–H and O–H groups in total. The molecule has 0 spiro atoms. The van der Waals surface area contributed by atoms with Crippen LogP contribution >= 0.6 is 11.3 Å². The molecule has 5 heteroatoms. The zero-order valence-corrected chi connectivity index (χ0v) is 18.4. The van der Waals surface area contributed by atoms with Crippen LogP contribution in [0.5, 0.6) is 0 Å². The Morgan fingerprint density at radius 2 is 1.97 bits per heavy atom. The Labute approximate surface area is 177 Å². The van der Waals surface area contributed by atoms with Gasteiger partial charge in [0.15, 0.2) is 0 Å². The van der Waals surface area contributed by atoms with Gasteiger partial charge in [0.1, 0.15) is 5.00 Å². The Morgan fingerprint density at radius 1 is 1.24 bits per heavy atom. The highest BCUT2D eigenvalue weighted by Crippen LogP contribution is 2.44. The van der Waals surface area contributed by atoms with Crippen molar-refractivity contribution in [2.24, 2.45) is 11.3 Å². The fourth-order valence-corrected chi connectivity index (χ4v) is 5.04. The number of ether oxygens (including phenoxy) is 1. The van der Waals surface area contributed by atoms with Crippen molar-refractivity contribution in [1.82, 2.24) is 0 Å². The zero-order chi connectivity index (χ0) is 21.0. The number of rotatable bonds is 5. The molecule has 1 aliphatic rings. The van der Waals surface area contributed by atoms with E-state index < -0.39 is 0 Å². The van der Waals surface area contributed by atoms with Gasteiger partial charge >= 0.3 is 5.97 Å². The Bertz CT molecular complexity index is 906. The highest BCUT2D eigenvalue weighted by molar-refractivity contribution is 7.17. The Kier molecular flexibility index (Phi) is 6.58. The van der Waals surface area contributed by atoms with Gasteiger partial charge in [-0.05, 0) is 54.7 Å². The number of hydrogen-bond acceptors (Lipinski definition) is 4. The van der Waals surface area contributed by atoms with E-state index in [2.05, 4.69) is 26.1 Å². The summed E-state index contributed by atoms with van der Waals surface area (Å²) in [7, 11) is 0. The number of thiophene rings is 1. The molecule has 1 heterocycles. The van der Waals surface area contributed by atoms with Crippen LogP contribution in [0.2, 0.25) is 0 Å². The molecule has 1 aromatic heterocycles. The van der Waals surface area contributed by atoms with Crippen molar-refractivity contribution in [3.8, 4) is 0 Å². The van der Waals surface area contributed by atoms with E-state index in [1.165, 1.54) is 22.3 Å². The van der Waals surface area contributed by atoms with Crippen molar-refractivity contribution in [2.45, 2.75) is 47.0 Å². The molecule has 1 atom stereocenters. The van der Waals surface area contributed by atoms with Gasteiger partial charge in [0, 0.05) is 11.0 Å². The molecular weight excluding hydrogens is 382 g/mol. The van der Waals surface area contributed by atoms with Crippen LogP contribution in [-0.4, -0.2) is 18.5 Å². The van der Waals surface area contributed by atoms with Gasteiger partial charge in [-0.25, -0.2) is 4.79 Å². The second kappa shape index (κ2) is 8.95. The third-order valence-electron chi connectivity index (χ3n) is 5.43. The molecule has 29 heavy (non-hydrogen) atoms. The maximum Gasteiger partial charge on any atom is 0.341 e. The Balaban J connectivity index is 1.85. The molecule has 3 rings (SSSR count). The van der Waals surface area contributed by atoms with Gasteiger partial charge < -0.3 is 10.1 Å². The highest BCUT2D eigenvalue weighted by atomic mass is 32.1. The van der Waals surface area contributed by atoms with E-state index in [9.17, 15) is 9.59 Å². The number of benzene rings is 1. The minimum absolute atomic E-state index is 0.216. The molecule has 4 nitrogen and oxygen atoms in total. The van der Waals surface area contributed by atoms with Crippen molar-refractivity contribution in [3.05, 3.63) is 58.0 Å². The molecule has 0 aliphatic heterocycles. The summed E-state index contributed by atoms with van der Waals surface area (Å²) in [6.45, 7) is 8.90. The highest BCUT2D eigenvalue weighted by Gasteiger charge is 2.34. The normalized spacial score (nSPS) is 16.5. The van der Waals surface area contributed by atoms with Gasteiger partial charge in [-0.15, -0.1) is 11.3 Å². The standard InChI is InChI=1S/C24H29NO3S/c1-5-28-23(27)21-18-13-12-17(24(2,3)4)15-19(18)29-22(21)25-20(26)14-11-16-9-7-6-8-10-16/h6-11,14,17H,5,12-13,15H2,1-4H3,(H,25,26)/b14-11+. The number of carbonyl (C=O) groups is 2. The molecule has 0 fully saturated rings. The zero-order valence-electron chi connectivity index (χ0n) is 17.6. The lowest BCUT2D eigenvalue weighted by molar-refractivity contribution is -0.111. The first-order valence-electron chi connectivity index (χ1n) is 10.2. The summed E-state index contributed by atoms with van der Waals surface area (Å²) in [5.74, 6) is -0.0304. The van der Waals surface area contributed by atoms with Gasteiger partial charge in [-0.1, -0.05) is 51.1 Å². The molecular formula is C24H29NO3S. The monoisotopic (exact) mass is 411 g/mol. The van der Waals surface area contributed by atoms with E-state index >= 15 is 0 Å². The smallest absolute Gasteiger partial charge is 0.341 e. The fourth-order valence-electron chi connectivity index (χ4n) is 3.72. The van der Waals surface area contributed by atoms with E-state index in [4.69, 9.17) is 4.74 Å². The van der Waals surface area contributed by atoms with Crippen LogP contribution in [0.3, 0.4) is 0 Å². The van der Waals surface area contributed by atoms with E-state index in [1.807, 2.05) is 30.3 Å². The lowest BCUT2D eigenvalue weighted by Crippen LogP contribution is -2.26. The van der Waals surface area contributed by atoms with Crippen LogP contribution in [0, 0.1) is 11.3 Å². The van der Waals surface area contributed by atoms with Gasteiger partial charge in [0.2, 0.25) is 5.91 Å². The first-order valence-corrected chi connectivity index (χ1v) is 11.0. The summed E-state index contributed by atoms with van der Waals surface area (Å²) in [5, 5.41) is 3.53. The fraction of sp³-hybridized carbons (Fsp3) is 0.417. The van der Waals surface area contributed by atoms with E-state index in [-0.39, 0.29) is 17.3 Å². The van der Waals surface area contributed by atoms with Crippen molar-refractivity contribution in [2.75, 3.05) is 11.9 Å². The second-order valence-corrected chi connectivity index (χ2v) is 9.57. The van der Waals surface area contributed by atoms with Gasteiger partial charge in [0.25, 0.3) is 0 Å². The molecule has 0 saturated carbocycles. The summed E-state index contributed by atoms with van der Waals surface area (Å²) in [4.78, 5) is 26.4. The Morgan fingerprint density at radius 3 is 2.62 bits per heavy atom. The van der Waals surface area contributed by atoms with Crippen LogP contribution in [0.1, 0.15) is 60.5 Å². The molecule has 1 amide bonds. The first-order chi connectivity index (χ1) is 13.8. The Hall–Kier alpha value is -2.40. The predicted molar refractivity (Wildman–Crippen MR) is 119 cm³/mol. The molecule has 154 valence electrons. The molecule has 0 bridgehead atoms. The van der Waals surface area contributed by atoms with Crippen LogP contribution in [0.15, 0.2) is 36.4 Å². The third-order valence-corrected chi connectivity index (χ3v) is 6.60. The summed E-state index contributed by atoms with van der Waals surface area (Å²) < 4.78 is 5.30. The summed E-state index contributed by atoms with van der Waals surface area (Å²) in [6.07, 6.45) is 6.09. The van der Waals surface area contributed by atoms with Crippen LogP contribution in [0.4, 0.5) is 5.00 Å². The third kappa shape index (κ3) is 5.15. The number of esters is 1. The summed E-state index contributed by atoms with van der Waals surface area (Å²) in [5.41, 5.74) is 2.76. The van der Waals surface area contributed by atoms with Crippen molar-refractivity contribution < 1.29 is 14.3 Å². The van der Waals surface area contributed by atoms with Crippen LogP contribution in [0.25, 0.3) is 6.08 Å². The second-order valence-electron chi connectivity index (χ2n) is 8.47. The number of anilines is 1. The minimum Gasteiger partial charge on any atom is -0.462 e. The number of hydrogen-bond donors (Lipinski definition) is 1. The molecule has 1 aromatic carbocycles. The number of carbonyl (C=O) groups excluding carboxylic acids is 2. The summed E-state index contributed by atoms with van der Waals surface area (Å²) in [6, 6.07) is 9.66. The van der Waals surface area contributed by atoms with Gasteiger partial charge in [0.05, 0.1) is 12.2 Å². The van der Waals surface area contributed by atoms with Crippen molar-refractivity contribution >= 4 is 34.3 Å². The van der Waals surface area contributed by atoms with E-state index in [0.717, 1.165) is 30.4 Å². The topological polar surface area (TPSA) is 55.4 Å². The molecule has 1 aliphatic carbocycles. The van der Waals surface area contributed by atoms with E-state index in [1.54, 1.807) is 13.0 Å². The number of amides is 1. The van der Waals surface area contributed by atoms with Crippen LogP contribution < -0.4 is 5.32 Å². The predicted octanol–water partition coefficient (Wildman–Crippen LogP) is 5.73. The lowest BCUT2D eigenvalue weighted by atomic mass is 9.72. The average molecular weight is 412 g/mol. The SMILES string of the molecule is CCOC(=O)c1c(NC(=O)/C=C/c2ccccc2)sc2c1CCC(C(C)(C)C)C2.